The first-order valence-electron chi connectivity index (χ1n) is 21.7. The van der Waals surface area contributed by atoms with Gasteiger partial charge in [0, 0.05) is 39.2 Å². The summed E-state index contributed by atoms with van der Waals surface area (Å²) < 4.78 is 2.37. The Morgan fingerprint density at radius 3 is 1.76 bits per heavy atom. The molecule has 11 aromatic rings. The lowest BCUT2D eigenvalue weighted by molar-refractivity contribution is 0.843. The van der Waals surface area contributed by atoms with Crippen molar-refractivity contribution in [3.63, 3.8) is 0 Å². The second-order valence-corrected chi connectivity index (χ2v) is 16.6. The first-order chi connectivity index (χ1) is 31.1. The summed E-state index contributed by atoms with van der Waals surface area (Å²) in [4.78, 5) is 13.2. The molecule has 0 spiro atoms. The fraction of sp³-hybridized carbons (Fsp3) is 0.0508. The lowest BCUT2D eigenvalue weighted by Gasteiger charge is -2.32. The lowest BCUT2D eigenvalue weighted by atomic mass is 9.93. The molecule has 298 valence electrons. The first kappa shape index (κ1) is 36.7. The zero-order valence-electron chi connectivity index (χ0n) is 35.1. The van der Waals surface area contributed by atoms with Crippen molar-refractivity contribution in [1.29, 1.82) is 0 Å². The number of hydrogen-bond donors (Lipinski definition) is 0. The molecule has 4 nitrogen and oxygen atoms in total. The molecule has 9 aromatic carbocycles. The highest BCUT2D eigenvalue weighted by Gasteiger charge is 2.24. The zero-order valence-corrected chi connectivity index (χ0v) is 35.1. The maximum atomic E-state index is 5.48. The van der Waals surface area contributed by atoms with Gasteiger partial charge in [-0.2, -0.15) is 0 Å². The van der Waals surface area contributed by atoms with Gasteiger partial charge in [-0.05, 0) is 111 Å². The van der Waals surface area contributed by atoms with Gasteiger partial charge in [-0.25, -0.2) is 9.97 Å². The van der Waals surface area contributed by atoms with Crippen LogP contribution in [-0.2, 0) is 0 Å². The topological polar surface area (TPSA) is 34.0 Å². The van der Waals surface area contributed by atoms with E-state index in [0.29, 0.717) is 5.82 Å². The van der Waals surface area contributed by atoms with Gasteiger partial charge in [-0.15, -0.1) is 0 Å². The van der Waals surface area contributed by atoms with Crippen LogP contribution in [-0.4, -0.2) is 20.6 Å². The second-order valence-electron chi connectivity index (χ2n) is 16.6. The van der Waals surface area contributed by atoms with Gasteiger partial charge in [0.1, 0.15) is 5.82 Å². The Labute approximate surface area is 366 Å². The Bertz CT molecular complexity index is 3620. The van der Waals surface area contributed by atoms with Crippen LogP contribution >= 0.6 is 0 Å². The van der Waals surface area contributed by atoms with Gasteiger partial charge in [0.05, 0.1) is 28.5 Å². The molecular weight excluding hydrogens is 765 g/mol. The molecule has 0 bridgehead atoms. The summed E-state index contributed by atoms with van der Waals surface area (Å²) in [5, 5.41) is 9.88. The average Bonchev–Trinajstić information content (AvgIpc) is 3.68. The highest BCUT2D eigenvalue weighted by molar-refractivity contribution is 6.25. The van der Waals surface area contributed by atoms with E-state index in [1.54, 1.807) is 0 Å². The van der Waals surface area contributed by atoms with E-state index < -0.39 is 0 Å². The number of rotatable bonds is 5. The largest absolute Gasteiger partial charge is 0.319 e. The molecule has 0 fully saturated rings. The highest BCUT2D eigenvalue weighted by atomic mass is 15.2. The molecule has 0 radical (unpaired) electrons. The first-order valence-corrected chi connectivity index (χ1v) is 21.7. The number of para-hydroxylation sites is 2. The predicted molar refractivity (Wildman–Crippen MR) is 266 cm³/mol. The fourth-order valence-corrected chi connectivity index (χ4v) is 9.83. The Hall–Kier alpha value is -8.08. The molecule has 0 saturated carbocycles. The molecule has 1 aliphatic rings. The molecule has 0 amide bonds. The molecule has 1 unspecified atom stereocenters. The van der Waals surface area contributed by atoms with Crippen molar-refractivity contribution in [3.8, 4) is 39.5 Å². The van der Waals surface area contributed by atoms with Crippen LogP contribution in [0.25, 0.3) is 99.2 Å². The summed E-state index contributed by atoms with van der Waals surface area (Å²) in [5.74, 6) is 1.54. The minimum Gasteiger partial charge on any atom is -0.319 e. The molecule has 0 N–H and O–H groups in total. The van der Waals surface area contributed by atoms with E-state index in [4.69, 9.17) is 9.97 Å². The van der Waals surface area contributed by atoms with Gasteiger partial charge < -0.3 is 9.47 Å². The second kappa shape index (κ2) is 14.8. The summed E-state index contributed by atoms with van der Waals surface area (Å²) in [6, 6.07) is 70.0. The van der Waals surface area contributed by atoms with Crippen LogP contribution < -0.4 is 4.90 Å². The van der Waals surface area contributed by atoms with Crippen molar-refractivity contribution >= 4 is 71.2 Å². The lowest BCUT2D eigenvalue weighted by Crippen LogP contribution is -2.29. The number of fused-ring (bicyclic) bond motifs is 10. The molecule has 12 rings (SSSR count). The van der Waals surface area contributed by atoms with Crippen LogP contribution in [0.5, 0.6) is 0 Å². The third-order valence-corrected chi connectivity index (χ3v) is 12.9. The molecule has 1 atom stereocenters. The number of hydrogen-bond acceptors (Lipinski definition) is 3. The molecular formula is C59H42N4. The van der Waals surface area contributed by atoms with Crippen molar-refractivity contribution in [1.82, 2.24) is 14.5 Å². The number of aromatic nitrogens is 3. The minimum atomic E-state index is -0.00213. The molecule has 0 saturated heterocycles. The van der Waals surface area contributed by atoms with Crippen LogP contribution in [0.15, 0.2) is 212 Å². The fourth-order valence-electron chi connectivity index (χ4n) is 9.83. The summed E-state index contributed by atoms with van der Waals surface area (Å²) in [6.45, 7) is 4.46. The molecule has 4 heteroatoms. The smallest absolute Gasteiger partial charge is 0.162 e. The zero-order chi connectivity index (χ0) is 42.0. The molecule has 0 aliphatic carbocycles. The standard InChI is InChI=1S/C59H42N4/c1-38-16-15-17-39(2)62(56-32-29-41(34-51(38)56)42-30-33-57-53(35-42)50-26-13-14-27-55(50)63(57)44-20-7-4-8-21-44)58-37-54(40-18-5-3-6-19-40)60-59(61-58)43-28-31-49-47-24-10-9-22-45(47)46-23-11-12-25-48(46)52(49)36-43/h3-37,39H,1-2H3/b17-15-,38-16+. The Kier molecular flexibility index (Phi) is 8.65. The molecule has 2 aromatic heterocycles. The van der Waals surface area contributed by atoms with Gasteiger partial charge >= 0.3 is 0 Å². The van der Waals surface area contributed by atoms with E-state index in [1.807, 2.05) is 0 Å². The minimum absolute atomic E-state index is 0.00213. The van der Waals surface area contributed by atoms with Gasteiger partial charge in [-0.3, -0.25) is 0 Å². The Morgan fingerprint density at radius 2 is 1.02 bits per heavy atom. The van der Waals surface area contributed by atoms with Gasteiger partial charge in [0.25, 0.3) is 0 Å². The maximum Gasteiger partial charge on any atom is 0.162 e. The van der Waals surface area contributed by atoms with Gasteiger partial charge in [0.15, 0.2) is 5.82 Å². The number of nitrogens with zero attached hydrogens (tertiary/aromatic N) is 4. The van der Waals surface area contributed by atoms with E-state index in [1.165, 1.54) is 76.4 Å². The summed E-state index contributed by atoms with van der Waals surface area (Å²) in [5.41, 5.74) is 12.3. The molecule has 63 heavy (non-hydrogen) atoms. The van der Waals surface area contributed by atoms with Crippen LogP contribution in [0, 0.1) is 0 Å². The van der Waals surface area contributed by atoms with Crippen molar-refractivity contribution in [2.45, 2.75) is 19.9 Å². The van der Waals surface area contributed by atoms with Crippen LogP contribution in [0.1, 0.15) is 19.4 Å². The normalized spacial score (nSPS) is 15.4. The van der Waals surface area contributed by atoms with Gasteiger partial charge in [0.2, 0.25) is 0 Å². The monoisotopic (exact) mass is 806 g/mol. The highest BCUT2D eigenvalue weighted by Crippen LogP contribution is 2.42. The summed E-state index contributed by atoms with van der Waals surface area (Å²) in [7, 11) is 0. The quantitative estimate of drug-likeness (QED) is 0.162. The number of benzene rings is 9. The average molecular weight is 807 g/mol. The molecule has 3 heterocycles. The number of allylic oxidation sites excluding steroid dienone is 3. The maximum absolute atomic E-state index is 5.48. The van der Waals surface area contributed by atoms with E-state index in [0.717, 1.165) is 34.0 Å². The van der Waals surface area contributed by atoms with Crippen LogP contribution in [0.3, 0.4) is 0 Å². The SMILES string of the molecule is C/C1=C\C=C/C(C)N(c2cc(-c3ccccc3)nc(-c3ccc4c5ccccc5c5ccccc5c4c3)n2)c2ccc(-c3ccc4c(c3)c3ccccc3n4-c3ccccc3)cc21. The van der Waals surface area contributed by atoms with Crippen LogP contribution in [0.2, 0.25) is 0 Å². The van der Waals surface area contributed by atoms with E-state index >= 15 is 0 Å². The van der Waals surface area contributed by atoms with Crippen molar-refractivity contribution in [3.05, 3.63) is 218 Å². The van der Waals surface area contributed by atoms with Crippen molar-refractivity contribution < 1.29 is 0 Å². The van der Waals surface area contributed by atoms with Crippen molar-refractivity contribution in [2.75, 3.05) is 4.90 Å². The Morgan fingerprint density at radius 1 is 0.444 bits per heavy atom. The number of anilines is 2. The van der Waals surface area contributed by atoms with E-state index in [9.17, 15) is 0 Å². The van der Waals surface area contributed by atoms with Crippen molar-refractivity contribution in [2.24, 2.45) is 0 Å². The Balaban J connectivity index is 1.02. The predicted octanol–water partition coefficient (Wildman–Crippen LogP) is 15.5. The van der Waals surface area contributed by atoms with E-state index in [-0.39, 0.29) is 6.04 Å². The third-order valence-electron chi connectivity index (χ3n) is 12.9. The van der Waals surface area contributed by atoms with Crippen LogP contribution in [0.4, 0.5) is 11.5 Å². The molecule has 1 aliphatic heterocycles. The summed E-state index contributed by atoms with van der Waals surface area (Å²) in [6.07, 6.45) is 6.68. The third kappa shape index (κ3) is 6.14. The van der Waals surface area contributed by atoms with E-state index in [2.05, 4.69) is 236 Å². The van der Waals surface area contributed by atoms with Gasteiger partial charge in [-0.1, -0.05) is 158 Å². The summed E-state index contributed by atoms with van der Waals surface area (Å²) >= 11 is 0.